The van der Waals surface area contributed by atoms with Crippen molar-refractivity contribution < 1.29 is 13.2 Å². The Kier molecular flexibility index (Phi) is 2.99. The Morgan fingerprint density at radius 1 is 1.11 bits per heavy atom. The summed E-state index contributed by atoms with van der Waals surface area (Å²) >= 11 is 0. The van der Waals surface area contributed by atoms with Crippen molar-refractivity contribution in [3.8, 4) is 0 Å². The summed E-state index contributed by atoms with van der Waals surface area (Å²) in [7, 11) is -3.32. The van der Waals surface area contributed by atoms with Crippen molar-refractivity contribution in [2.45, 2.75) is 42.8 Å². The Hall–Kier alpha value is -1.13. The first-order valence-electron chi connectivity index (χ1n) is 6.32. The molecule has 2 aliphatic heterocycles. The number of rotatable bonds is 2. The normalized spacial score (nSPS) is 27.7. The van der Waals surface area contributed by atoms with Crippen molar-refractivity contribution in [1.82, 2.24) is 0 Å². The Balaban J connectivity index is 1.97. The van der Waals surface area contributed by atoms with E-state index in [1.54, 1.807) is 30.3 Å². The van der Waals surface area contributed by atoms with Gasteiger partial charge in [0.1, 0.15) is 0 Å². The minimum atomic E-state index is -3.32. The highest BCUT2D eigenvalue weighted by Gasteiger charge is 2.32. The molecule has 3 nitrogen and oxygen atoms in total. The van der Waals surface area contributed by atoms with Gasteiger partial charge in [-0.25, -0.2) is 8.42 Å². The molecule has 96 valence electrons. The van der Waals surface area contributed by atoms with Crippen LogP contribution in [0, 0.1) is 0 Å². The van der Waals surface area contributed by atoms with Gasteiger partial charge in [0.2, 0.25) is 9.84 Å². The first kappa shape index (κ1) is 11.9. The molecule has 2 aliphatic rings. The van der Waals surface area contributed by atoms with Gasteiger partial charge in [-0.3, -0.25) is 0 Å². The van der Waals surface area contributed by atoms with Gasteiger partial charge in [-0.05, 0) is 37.5 Å². The van der Waals surface area contributed by atoms with Crippen LogP contribution in [0.5, 0.6) is 0 Å². The molecule has 4 heteroatoms. The molecule has 3 rings (SSSR count). The van der Waals surface area contributed by atoms with Crippen molar-refractivity contribution in [2.75, 3.05) is 0 Å². The third kappa shape index (κ3) is 2.10. The van der Waals surface area contributed by atoms with Crippen LogP contribution in [0.25, 0.3) is 0 Å². The number of benzene rings is 1. The van der Waals surface area contributed by atoms with E-state index in [0.717, 1.165) is 19.3 Å². The van der Waals surface area contributed by atoms with Gasteiger partial charge >= 0.3 is 0 Å². The van der Waals surface area contributed by atoms with E-state index in [1.165, 1.54) is 0 Å². The molecule has 0 aliphatic carbocycles. The Labute approximate surface area is 107 Å². The van der Waals surface area contributed by atoms with E-state index in [0.29, 0.717) is 16.2 Å². The third-order valence-corrected chi connectivity index (χ3v) is 5.47. The monoisotopic (exact) mass is 264 g/mol. The quantitative estimate of drug-likeness (QED) is 0.825. The molecular weight excluding hydrogens is 248 g/mol. The van der Waals surface area contributed by atoms with Crippen LogP contribution in [0.15, 0.2) is 46.2 Å². The van der Waals surface area contributed by atoms with Crippen molar-refractivity contribution >= 4 is 9.84 Å². The minimum absolute atomic E-state index is 0.00835. The van der Waals surface area contributed by atoms with Crippen LogP contribution in [0.2, 0.25) is 0 Å². The van der Waals surface area contributed by atoms with E-state index >= 15 is 0 Å². The predicted molar refractivity (Wildman–Crippen MR) is 68.8 cm³/mol. The summed E-state index contributed by atoms with van der Waals surface area (Å²) < 4.78 is 30.7. The summed E-state index contributed by atoms with van der Waals surface area (Å²) in [5.41, 5.74) is 0. The number of hydrogen-bond donors (Lipinski definition) is 0. The lowest BCUT2D eigenvalue weighted by molar-refractivity contribution is -0.0320. The van der Waals surface area contributed by atoms with Crippen molar-refractivity contribution in [1.29, 1.82) is 0 Å². The van der Waals surface area contributed by atoms with Gasteiger partial charge in [0.15, 0.2) is 0 Å². The Bertz CT molecular complexity index is 560. The maximum absolute atomic E-state index is 12.5. The highest BCUT2D eigenvalue weighted by atomic mass is 32.2. The fourth-order valence-electron chi connectivity index (χ4n) is 2.65. The molecule has 0 radical (unpaired) electrons. The lowest BCUT2D eigenvalue weighted by atomic mass is 9.97. The lowest BCUT2D eigenvalue weighted by Gasteiger charge is -2.33. The van der Waals surface area contributed by atoms with E-state index in [4.69, 9.17) is 4.74 Å². The highest BCUT2D eigenvalue weighted by molar-refractivity contribution is 7.95. The summed E-state index contributed by atoms with van der Waals surface area (Å²) in [6.07, 6.45) is 5.44. The lowest BCUT2D eigenvalue weighted by Crippen LogP contribution is -2.32. The van der Waals surface area contributed by atoms with Gasteiger partial charge in [-0.1, -0.05) is 18.2 Å². The van der Waals surface area contributed by atoms with E-state index < -0.39 is 9.84 Å². The summed E-state index contributed by atoms with van der Waals surface area (Å²) in [4.78, 5) is 0.922. The summed E-state index contributed by atoms with van der Waals surface area (Å²) in [6, 6.07) is 8.65. The standard InChI is InChI=1S/C14H16O3S/c15-18(16,13-7-2-1-3-8-13)14-9-11-5-4-6-12(10-14)17-11/h1-3,7-9,11-12H,4-6,10H2/t11-,12+/m0/s1. The van der Waals surface area contributed by atoms with Crippen molar-refractivity contribution in [2.24, 2.45) is 0 Å². The van der Waals surface area contributed by atoms with E-state index in [9.17, 15) is 8.42 Å². The highest BCUT2D eigenvalue weighted by Crippen LogP contribution is 2.34. The zero-order chi connectivity index (χ0) is 12.6. The molecule has 0 saturated carbocycles. The SMILES string of the molecule is O=S(=O)(C1=C[C@@H]2CCC[C@H](C1)O2)c1ccccc1. The minimum Gasteiger partial charge on any atom is -0.371 e. The molecular formula is C14H16O3S. The molecule has 0 spiro atoms. The second-order valence-corrected chi connectivity index (χ2v) is 6.88. The number of hydrogen-bond acceptors (Lipinski definition) is 3. The van der Waals surface area contributed by atoms with Gasteiger partial charge in [0, 0.05) is 6.42 Å². The molecule has 2 heterocycles. The molecule has 0 aromatic heterocycles. The maximum Gasteiger partial charge on any atom is 0.202 e. The first-order valence-corrected chi connectivity index (χ1v) is 7.81. The van der Waals surface area contributed by atoms with E-state index in [-0.39, 0.29) is 12.2 Å². The second kappa shape index (κ2) is 4.52. The van der Waals surface area contributed by atoms with Gasteiger partial charge in [-0.15, -0.1) is 0 Å². The molecule has 2 bridgehead atoms. The van der Waals surface area contributed by atoms with Gasteiger partial charge in [0.25, 0.3) is 0 Å². The zero-order valence-corrected chi connectivity index (χ0v) is 10.9. The molecule has 18 heavy (non-hydrogen) atoms. The Morgan fingerprint density at radius 2 is 1.89 bits per heavy atom. The summed E-state index contributed by atoms with van der Waals surface area (Å²) in [5, 5.41) is 0. The van der Waals surface area contributed by atoms with Crippen LogP contribution < -0.4 is 0 Å². The fraction of sp³-hybridized carbons (Fsp3) is 0.429. The van der Waals surface area contributed by atoms with Crippen LogP contribution >= 0.6 is 0 Å². The maximum atomic E-state index is 12.5. The molecule has 0 unspecified atom stereocenters. The van der Waals surface area contributed by atoms with Gasteiger partial charge in [-0.2, -0.15) is 0 Å². The molecule has 1 saturated heterocycles. The molecule has 1 fully saturated rings. The first-order chi connectivity index (χ1) is 8.66. The van der Waals surface area contributed by atoms with Gasteiger partial charge < -0.3 is 4.74 Å². The van der Waals surface area contributed by atoms with Crippen LogP contribution in [-0.4, -0.2) is 20.6 Å². The smallest absolute Gasteiger partial charge is 0.202 e. The number of fused-ring (bicyclic) bond motifs is 2. The van der Waals surface area contributed by atoms with E-state index in [1.807, 2.05) is 6.07 Å². The van der Waals surface area contributed by atoms with E-state index in [2.05, 4.69) is 0 Å². The molecule has 1 aromatic carbocycles. The van der Waals surface area contributed by atoms with Crippen molar-refractivity contribution in [3.05, 3.63) is 41.3 Å². The van der Waals surface area contributed by atoms with Gasteiger partial charge in [0.05, 0.1) is 22.0 Å². The third-order valence-electron chi connectivity index (χ3n) is 3.58. The molecule has 0 N–H and O–H groups in total. The number of ether oxygens (including phenoxy) is 1. The second-order valence-electron chi connectivity index (χ2n) is 4.88. The van der Waals surface area contributed by atoms with Crippen LogP contribution in [0.1, 0.15) is 25.7 Å². The summed E-state index contributed by atoms with van der Waals surface area (Å²) in [6.45, 7) is 0. The van der Waals surface area contributed by atoms with Crippen LogP contribution in [0.3, 0.4) is 0 Å². The predicted octanol–water partition coefficient (Wildman–Crippen LogP) is 2.69. The topological polar surface area (TPSA) is 43.4 Å². The zero-order valence-electron chi connectivity index (χ0n) is 10.1. The number of sulfone groups is 1. The summed E-state index contributed by atoms with van der Waals surface area (Å²) in [5.74, 6) is 0. The van der Waals surface area contributed by atoms with Crippen LogP contribution in [0.4, 0.5) is 0 Å². The van der Waals surface area contributed by atoms with Crippen molar-refractivity contribution in [3.63, 3.8) is 0 Å². The van der Waals surface area contributed by atoms with Crippen LogP contribution in [-0.2, 0) is 14.6 Å². The average Bonchev–Trinajstić information content (AvgIpc) is 2.39. The Morgan fingerprint density at radius 3 is 2.61 bits per heavy atom. The fourth-order valence-corrected chi connectivity index (χ4v) is 4.21. The average molecular weight is 264 g/mol. The molecule has 1 aromatic rings. The largest absolute Gasteiger partial charge is 0.371 e. The molecule has 2 atom stereocenters. The molecule has 0 amide bonds.